The zero-order valence-corrected chi connectivity index (χ0v) is 13.0. The van der Waals surface area contributed by atoms with Gasteiger partial charge in [0.1, 0.15) is 5.75 Å². The number of ketones is 1. The number of anilines is 1. The van der Waals surface area contributed by atoms with Gasteiger partial charge in [0, 0.05) is 10.5 Å². The summed E-state index contributed by atoms with van der Waals surface area (Å²) in [4.78, 5) is 21.4. The molecule has 6 heteroatoms. The molecule has 6 nitrogen and oxygen atoms in total. The maximum Gasteiger partial charge on any atom is 0.265 e. The molecular formula is C16H24N2O4. The van der Waals surface area contributed by atoms with Crippen LogP contribution in [0.25, 0.3) is 0 Å². The molecule has 0 atom stereocenters. The first-order valence-electron chi connectivity index (χ1n) is 7.72. The second kappa shape index (κ2) is 9.76. The number of nitrogens with zero attached hydrogens (tertiary/aromatic N) is 1. The van der Waals surface area contributed by atoms with Gasteiger partial charge in [-0.05, 0) is 24.6 Å². The average Bonchev–Trinajstić information content (AvgIpc) is 2.47. The summed E-state index contributed by atoms with van der Waals surface area (Å²) in [5.41, 5.74) is 6.49. The zero-order valence-electron chi connectivity index (χ0n) is 13.0. The molecule has 22 heavy (non-hydrogen) atoms. The zero-order chi connectivity index (χ0) is 16.4. The Bertz CT molecular complexity index is 503. The first kappa shape index (κ1) is 17.9. The van der Waals surface area contributed by atoms with Crippen LogP contribution in [0.1, 0.15) is 55.8 Å². The molecule has 0 amide bonds. The van der Waals surface area contributed by atoms with E-state index in [0.29, 0.717) is 18.0 Å². The molecule has 122 valence electrons. The molecule has 1 aromatic carbocycles. The lowest BCUT2D eigenvalue weighted by atomic mass is 10.1. The standard InChI is InChI=1S/C16H24N2O4/c1-2-3-4-5-6-7-10-22-16-11-13(8-9-14(16)17)15(19)12-18(20)21/h8-9,11H,2-7,10,12,17H2,1H3. The number of nitrogens with two attached hydrogens (primary N) is 1. The van der Waals surface area contributed by atoms with E-state index in [1.807, 2.05) is 0 Å². The molecule has 0 aliphatic rings. The number of unbranched alkanes of at least 4 members (excludes halogenated alkanes) is 5. The van der Waals surface area contributed by atoms with E-state index in [4.69, 9.17) is 10.5 Å². The number of hydrogen-bond donors (Lipinski definition) is 1. The van der Waals surface area contributed by atoms with Crippen molar-refractivity contribution in [1.29, 1.82) is 0 Å². The molecule has 0 aromatic heterocycles. The van der Waals surface area contributed by atoms with Crippen molar-refractivity contribution in [1.82, 2.24) is 0 Å². The molecule has 0 bridgehead atoms. The Morgan fingerprint density at radius 3 is 2.59 bits per heavy atom. The molecule has 0 fully saturated rings. The monoisotopic (exact) mass is 308 g/mol. The topological polar surface area (TPSA) is 95.5 Å². The van der Waals surface area contributed by atoms with Gasteiger partial charge in [-0.25, -0.2) is 0 Å². The van der Waals surface area contributed by atoms with Crippen LogP contribution in [0.2, 0.25) is 0 Å². The summed E-state index contributed by atoms with van der Waals surface area (Å²) in [5, 5.41) is 10.4. The molecule has 2 N–H and O–H groups in total. The number of carbonyl (C=O) groups is 1. The van der Waals surface area contributed by atoms with E-state index in [2.05, 4.69) is 6.92 Å². The van der Waals surface area contributed by atoms with Gasteiger partial charge in [0.25, 0.3) is 6.54 Å². The molecule has 0 aliphatic carbocycles. The fraction of sp³-hybridized carbons (Fsp3) is 0.562. The third-order valence-electron chi connectivity index (χ3n) is 3.36. The van der Waals surface area contributed by atoms with Crippen LogP contribution in [-0.4, -0.2) is 23.9 Å². The molecule has 1 rings (SSSR count). The fourth-order valence-corrected chi connectivity index (χ4v) is 2.11. The number of hydrogen-bond acceptors (Lipinski definition) is 5. The lowest BCUT2D eigenvalue weighted by Crippen LogP contribution is -2.14. The molecule has 0 unspecified atom stereocenters. The van der Waals surface area contributed by atoms with Gasteiger partial charge in [0.05, 0.1) is 12.3 Å². The van der Waals surface area contributed by atoms with E-state index < -0.39 is 17.3 Å². The first-order valence-corrected chi connectivity index (χ1v) is 7.72. The van der Waals surface area contributed by atoms with Crippen LogP contribution in [0.4, 0.5) is 5.69 Å². The van der Waals surface area contributed by atoms with Gasteiger partial charge in [-0.1, -0.05) is 39.0 Å². The minimum Gasteiger partial charge on any atom is -0.491 e. The molecule has 0 aliphatic heterocycles. The van der Waals surface area contributed by atoms with Crippen LogP contribution in [0, 0.1) is 10.1 Å². The summed E-state index contributed by atoms with van der Waals surface area (Å²) >= 11 is 0. The predicted molar refractivity (Wildman–Crippen MR) is 85.9 cm³/mol. The summed E-state index contributed by atoms with van der Waals surface area (Å²) < 4.78 is 5.59. The van der Waals surface area contributed by atoms with Crippen molar-refractivity contribution in [3.8, 4) is 5.75 Å². The summed E-state index contributed by atoms with van der Waals surface area (Å²) in [6.45, 7) is 1.99. The molecular weight excluding hydrogens is 284 g/mol. The SMILES string of the molecule is CCCCCCCCOc1cc(C(=O)C[N+](=O)[O-])ccc1N. The van der Waals surface area contributed by atoms with E-state index in [-0.39, 0.29) is 5.56 Å². The summed E-state index contributed by atoms with van der Waals surface area (Å²) in [5.74, 6) is -0.128. The lowest BCUT2D eigenvalue weighted by Gasteiger charge is -2.10. The van der Waals surface area contributed by atoms with Crippen molar-refractivity contribution >= 4 is 11.5 Å². The van der Waals surface area contributed by atoms with Crippen molar-refractivity contribution in [3.05, 3.63) is 33.9 Å². The minimum absolute atomic E-state index is 0.254. The number of ether oxygens (including phenoxy) is 1. The van der Waals surface area contributed by atoms with E-state index in [1.165, 1.54) is 37.8 Å². The summed E-state index contributed by atoms with van der Waals surface area (Å²) in [6, 6.07) is 4.51. The molecule has 0 radical (unpaired) electrons. The van der Waals surface area contributed by atoms with Gasteiger partial charge in [-0.3, -0.25) is 14.9 Å². The Balaban J connectivity index is 2.45. The van der Waals surface area contributed by atoms with Crippen molar-refractivity contribution in [2.75, 3.05) is 18.9 Å². The van der Waals surface area contributed by atoms with Gasteiger partial charge >= 0.3 is 0 Å². The van der Waals surface area contributed by atoms with Gasteiger partial charge in [-0.15, -0.1) is 0 Å². The van der Waals surface area contributed by atoms with Crippen LogP contribution >= 0.6 is 0 Å². The van der Waals surface area contributed by atoms with E-state index >= 15 is 0 Å². The van der Waals surface area contributed by atoms with Crippen LogP contribution in [-0.2, 0) is 0 Å². The Kier molecular flexibility index (Phi) is 7.96. The highest BCUT2D eigenvalue weighted by molar-refractivity contribution is 5.97. The minimum atomic E-state index is -0.721. The molecule has 1 aromatic rings. The van der Waals surface area contributed by atoms with Gasteiger partial charge in [0.2, 0.25) is 5.78 Å². The second-order valence-corrected chi connectivity index (χ2v) is 5.28. The number of carbonyl (C=O) groups excluding carboxylic acids is 1. The Morgan fingerprint density at radius 2 is 1.91 bits per heavy atom. The maximum absolute atomic E-state index is 11.7. The van der Waals surface area contributed by atoms with Crippen LogP contribution in [0.15, 0.2) is 18.2 Å². The molecule has 0 spiro atoms. The van der Waals surface area contributed by atoms with Crippen LogP contribution < -0.4 is 10.5 Å². The Labute approximate surface area is 130 Å². The Morgan fingerprint density at radius 1 is 1.23 bits per heavy atom. The number of nitrogen functional groups attached to an aromatic ring is 1. The van der Waals surface area contributed by atoms with Crippen LogP contribution in [0.5, 0.6) is 5.75 Å². The molecule has 0 saturated heterocycles. The van der Waals surface area contributed by atoms with Gasteiger partial charge in [0.15, 0.2) is 0 Å². The highest BCUT2D eigenvalue weighted by Gasteiger charge is 2.14. The third kappa shape index (κ3) is 6.56. The number of benzene rings is 1. The van der Waals surface area contributed by atoms with Crippen molar-refractivity contribution in [2.45, 2.75) is 45.4 Å². The first-order chi connectivity index (χ1) is 10.5. The highest BCUT2D eigenvalue weighted by atomic mass is 16.6. The van der Waals surface area contributed by atoms with Gasteiger partial charge in [-0.2, -0.15) is 0 Å². The normalized spacial score (nSPS) is 10.4. The quantitative estimate of drug-likeness (QED) is 0.222. The highest BCUT2D eigenvalue weighted by Crippen LogP contribution is 2.23. The average molecular weight is 308 g/mol. The van der Waals surface area contributed by atoms with Gasteiger partial charge < -0.3 is 10.5 Å². The van der Waals surface area contributed by atoms with Crippen LogP contribution in [0.3, 0.4) is 0 Å². The lowest BCUT2D eigenvalue weighted by molar-refractivity contribution is -0.465. The van der Waals surface area contributed by atoms with E-state index in [1.54, 1.807) is 6.07 Å². The summed E-state index contributed by atoms with van der Waals surface area (Å²) in [6.07, 6.45) is 6.93. The maximum atomic E-state index is 11.7. The smallest absolute Gasteiger partial charge is 0.265 e. The second-order valence-electron chi connectivity index (χ2n) is 5.28. The fourth-order valence-electron chi connectivity index (χ4n) is 2.11. The van der Waals surface area contributed by atoms with Crippen molar-refractivity contribution in [2.24, 2.45) is 0 Å². The molecule has 0 saturated carbocycles. The largest absolute Gasteiger partial charge is 0.491 e. The summed E-state index contributed by atoms with van der Waals surface area (Å²) in [7, 11) is 0. The number of nitro groups is 1. The van der Waals surface area contributed by atoms with Crippen molar-refractivity contribution in [3.63, 3.8) is 0 Å². The predicted octanol–water partition coefficient (Wildman–Crippen LogP) is 3.47. The number of Topliss-reactive ketones (excluding diaryl/α,β-unsaturated/α-hetero) is 1. The third-order valence-corrected chi connectivity index (χ3v) is 3.36. The van der Waals surface area contributed by atoms with E-state index in [9.17, 15) is 14.9 Å². The Hall–Kier alpha value is -2.11. The number of rotatable bonds is 11. The van der Waals surface area contributed by atoms with Crippen molar-refractivity contribution < 1.29 is 14.5 Å². The van der Waals surface area contributed by atoms with E-state index in [0.717, 1.165) is 12.8 Å². The molecule has 0 heterocycles.